The highest BCUT2D eigenvalue weighted by Crippen LogP contribution is 2.32. The topological polar surface area (TPSA) is 105 Å². The second kappa shape index (κ2) is 9.53. The Morgan fingerprint density at radius 2 is 2.10 bits per heavy atom. The van der Waals surface area contributed by atoms with Crippen molar-refractivity contribution in [2.24, 2.45) is 0 Å². The Morgan fingerprint density at radius 3 is 2.72 bits per heavy atom. The first-order valence-electron chi connectivity index (χ1n) is 9.09. The first kappa shape index (κ1) is 20.8. The number of carboxylic acid groups (broad SMARTS) is 1. The van der Waals surface area contributed by atoms with E-state index in [1.165, 1.54) is 0 Å². The van der Waals surface area contributed by atoms with Gasteiger partial charge < -0.3 is 24.8 Å². The van der Waals surface area contributed by atoms with Crippen molar-refractivity contribution in [3.63, 3.8) is 0 Å². The van der Waals surface area contributed by atoms with E-state index >= 15 is 0 Å². The fourth-order valence-corrected chi connectivity index (χ4v) is 4.24. The number of nitrogens with zero attached hydrogens (tertiary/aromatic N) is 1. The van der Waals surface area contributed by atoms with Crippen molar-refractivity contribution in [1.82, 2.24) is 5.32 Å². The van der Waals surface area contributed by atoms with Gasteiger partial charge in [0.1, 0.15) is 11.5 Å². The Labute approximate surface area is 172 Å². The predicted molar refractivity (Wildman–Crippen MR) is 108 cm³/mol. The molecule has 0 bridgehead atoms. The smallest absolute Gasteiger partial charge is 0.407 e. The van der Waals surface area contributed by atoms with Crippen LogP contribution in [0.4, 0.5) is 9.80 Å². The van der Waals surface area contributed by atoms with Crippen LogP contribution in [0.15, 0.2) is 36.4 Å². The average Bonchev–Trinajstić information content (AvgIpc) is 3.18. The number of rotatable bonds is 7. The van der Waals surface area contributed by atoms with E-state index in [1.807, 2.05) is 35.2 Å². The van der Waals surface area contributed by atoms with Crippen molar-refractivity contribution >= 4 is 34.7 Å². The molecule has 1 saturated heterocycles. The lowest BCUT2D eigenvalue weighted by Gasteiger charge is -2.38. The van der Waals surface area contributed by atoms with Crippen LogP contribution in [0.1, 0.15) is 32.0 Å². The molecule has 0 saturated carbocycles. The number of nitrogens with one attached hydrogen (secondary N) is 1. The molecule has 1 aliphatic rings. The fourth-order valence-electron chi connectivity index (χ4n) is 3.24. The van der Waals surface area contributed by atoms with Crippen molar-refractivity contribution in [3.8, 4) is 0 Å². The highest BCUT2D eigenvalue weighted by Gasteiger charge is 2.32. The van der Waals surface area contributed by atoms with Gasteiger partial charge in [-0.1, -0.05) is 30.3 Å². The third kappa shape index (κ3) is 5.12. The minimum atomic E-state index is -1.12. The van der Waals surface area contributed by atoms with Gasteiger partial charge in [-0.25, -0.2) is 9.59 Å². The monoisotopic (exact) mass is 418 g/mol. The molecule has 2 atom stereocenters. The molecule has 2 heterocycles. The lowest BCUT2D eigenvalue weighted by molar-refractivity contribution is 0.0548. The number of piperidine rings is 1. The van der Waals surface area contributed by atoms with E-state index < -0.39 is 12.1 Å². The molecule has 0 aliphatic carbocycles. The van der Waals surface area contributed by atoms with Crippen LogP contribution in [0.2, 0.25) is 0 Å². The molecule has 154 valence electrons. The maximum absolute atomic E-state index is 12.2. The molecule has 9 heteroatoms. The number of methoxy groups -OCH3 is 1. The number of alkyl carbamates (subject to hydrolysis) is 1. The lowest BCUT2D eigenvalue weighted by Crippen LogP contribution is -2.54. The number of ether oxygens (including phenoxy) is 2. The summed E-state index contributed by atoms with van der Waals surface area (Å²) in [5, 5.41) is 12.8. The molecule has 2 N–H and O–H groups in total. The van der Waals surface area contributed by atoms with Gasteiger partial charge in [0.25, 0.3) is 0 Å². The largest absolute Gasteiger partial charge is 0.477 e. The van der Waals surface area contributed by atoms with Gasteiger partial charge in [0.15, 0.2) is 6.29 Å². The number of hydrogen-bond donors (Lipinski definition) is 2. The Kier molecular flexibility index (Phi) is 6.84. The zero-order valence-corrected chi connectivity index (χ0v) is 16.7. The van der Waals surface area contributed by atoms with Crippen molar-refractivity contribution in [3.05, 3.63) is 52.4 Å². The molecule has 0 radical (unpaired) electrons. The van der Waals surface area contributed by atoms with Gasteiger partial charge in [0, 0.05) is 25.8 Å². The van der Waals surface area contributed by atoms with E-state index in [0.29, 0.717) is 30.8 Å². The Morgan fingerprint density at radius 1 is 1.34 bits per heavy atom. The predicted octanol–water partition coefficient (Wildman–Crippen LogP) is 2.78. The molecule has 1 amide bonds. The van der Waals surface area contributed by atoms with Crippen molar-refractivity contribution < 1.29 is 29.0 Å². The number of amides is 1. The van der Waals surface area contributed by atoms with Crippen LogP contribution in [-0.4, -0.2) is 55.8 Å². The first-order chi connectivity index (χ1) is 14.0. The van der Waals surface area contributed by atoms with E-state index in [0.717, 1.165) is 16.9 Å². The summed E-state index contributed by atoms with van der Waals surface area (Å²) in [6, 6.07) is 10.8. The molecule has 2 aromatic rings. The number of carbonyl (C=O) groups excluding carboxylic acids is 2. The number of benzene rings is 1. The zero-order valence-electron chi connectivity index (χ0n) is 15.9. The highest BCUT2D eigenvalue weighted by atomic mass is 32.1. The van der Waals surface area contributed by atoms with Gasteiger partial charge in [-0.3, -0.25) is 4.79 Å². The number of aldehydes is 1. The van der Waals surface area contributed by atoms with Gasteiger partial charge >= 0.3 is 12.1 Å². The number of hydrogen-bond acceptors (Lipinski definition) is 7. The average molecular weight is 418 g/mol. The molecule has 1 fully saturated rings. The molecule has 8 nitrogen and oxygen atoms in total. The minimum absolute atomic E-state index is 0.0219. The maximum Gasteiger partial charge on any atom is 0.407 e. The summed E-state index contributed by atoms with van der Waals surface area (Å²) in [7, 11) is 1.56. The minimum Gasteiger partial charge on any atom is -0.477 e. The van der Waals surface area contributed by atoms with E-state index in [1.54, 1.807) is 13.2 Å². The quantitative estimate of drug-likeness (QED) is 0.666. The maximum atomic E-state index is 12.2. The van der Waals surface area contributed by atoms with Gasteiger partial charge in [0.05, 0.1) is 17.1 Å². The van der Waals surface area contributed by atoms with Crippen LogP contribution in [0.5, 0.6) is 0 Å². The van der Waals surface area contributed by atoms with Crippen molar-refractivity contribution in [2.45, 2.75) is 25.2 Å². The third-order valence-corrected chi connectivity index (χ3v) is 5.96. The van der Waals surface area contributed by atoms with Gasteiger partial charge in [-0.2, -0.15) is 0 Å². The van der Waals surface area contributed by atoms with E-state index in [2.05, 4.69) is 5.32 Å². The molecular weight excluding hydrogens is 396 g/mol. The summed E-state index contributed by atoms with van der Waals surface area (Å²) in [5.41, 5.74) is 1.06. The van der Waals surface area contributed by atoms with Crippen LogP contribution in [-0.2, 0) is 16.1 Å². The van der Waals surface area contributed by atoms with E-state index in [-0.39, 0.29) is 29.2 Å². The molecule has 0 unspecified atom stereocenters. The lowest BCUT2D eigenvalue weighted by atomic mass is 10.0. The molecule has 1 aliphatic heterocycles. The van der Waals surface area contributed by atoms with Crippen LogP contribution < -0.4 is 10.2 Å². The number of carboxylic acids is 1. The third-order valence-electron chi connectivity index (χ3n) is 4.76. The molecule has 29 heavy (non-hydrogen) atoms. The molecule has 1 aromatic carbocycles. The van der Waals surface area contributed by atoms with Crippen LogP contribution in [0.25, 0.3) is 0 Å². The van der Waals surface area contributed by atoms with Gasteiger partial charge in [-0.05, 0) is 18.1 Å². The van der Waals surface area contributed by atoms with E-state index in [9.17, 15) is 19.5 Å². The number of carbonyl (C=O) groups is 3. The summed E-state index contributed by atoms with van der Waals surface area (Å²) in [5.74, 6) is -1.12. The second-order valence-corrected chi connectivity index (χ2v) is 7.64. The summed E-state index contributed by atoms with van der Waals surface area (Å²) in [4.78, 5) is 36.5. The normalized spacial score (nSPS) is 18.9. The Hall–Kier alpha value is -2.91. The number of thiophene rings is 1. The summed E-state index contributed by atoms with van der Waals surface area (Å²) < 4.78 is 10.8. The number of aromatic carboxylic acids is 1. The van der Waals surface area contributed by atoms with Crippen LogP contribution in [0.3, 0.4) is 0 Å². The summed E-state index contributed by atoms with van der Waals surface area (Å²) in [6.07, 6.45) is 0.328. The first-order valence-corrected chi connectivity index (χ1v) is 9.90. The molecule has 0 spiro atoms. The second-order valence-electron chi connectivity index (χ2n) is 6.61. The SMILES string of the molecule is CO[C@@H]1CN(c2cc(C=O)c(C(=O)O)s2)CC[C@@H]1NC(=O)OCc1ccccc1. The fraction of sp³-hybridized carbons (Fsp3) is 0.350. The molecular formula is C20H22N2O6S. The molecule has 3 rings (SSSR count). The zero-order chi connectivity index (χ0) is 20.8. The van der Waals surface area contributed by atoms with Crippen LogP contribution >= 0.6 is 11.3 Å². The summed E-state index contributed by atoms with van der Waals surface area (Å²) in [6.45, 7) is 1.23. The molecule has 1 aromatic heterocycles. The van der Waals surface area contributed by atoms with Crippen molar-refractivity contribution in [2.75, 3.05) is 25.1 Å². The van der Waals surface area contributed by atoms with Gasteiger partial charge in [0.2, 0.25) is 0 Å². The van der Waals surface area contributed by atoms with E-state index in [4.69, 9.17) is 9.47 Å². The van der Waals surface area contributed by atoms with Gasteiger partial charge in [-0.15, -0.1) is 11.3 Å². The summed E-state index contributed by atoms with van der Waals surface area (Å²) >= 11 is 1.06. The Bertz CT molecular complexity index is 869. The number of anilines is 1. The standard InChI is InChI=1S/C20H22N2O6S/c1-27-16-10-22(17-9-14(11-23)18(29-17)19(24)25)8-7-15(16)21-20(26)28-12-13-5-3-2-4-6-13/h2-6,9,11,15-16H,7-8,10,12H2,1H3,(H,21,26)(H,24,25)/t15-,16+/m0/s1. The highest BCUT2D eigenvalue weighted by molar-refractivity contribution is 7.18. The van der Waals surface area contributed by atoms with Crippen LogP contribution in [0, 0.1) is 0 Å². The Balaban J connectivity index is 1.58. The van der Waals surface area contributed by atoms with Crippen molar-refractivity contribution in [1.29, 1.82) is 0 Å².